The molecule has 3 aromatic rings. The van der Waals surface area contributed by atoms with Crippen LogP contribution in [0, 0.1) is 0 Å². The molecule has 1 atom stereocenters. The lowest BCUT2D eigenvalue weighted by Crippen LogP contribution is -2.28. The molecule has 0 aliphatic heterocycles. The van der Waals surface area contributed by atoms with Crippen molar-refractivity contribution in [3.05, 3.63) is 89.5 Å². The predicted molar refractivity (Wildman–Crippen MR) is 128 cm³/mol. The monoisotopic (exact) mass is 470 g/mol. The number of hydrogen-bond acceptors (Lipinski definition) is 5. The SMILES string of the molecule is COc1ccc(C(=O)N[C@@H](C)c2ccc(SC)cc2)cc1S(=O)(=O)NCc1ccccc1. The van der Waals surface area contributed by atoms with Crippen LogP contribution in [0.25, 0.3) is 0 Å². The summed E-state index contributed by atoms with van der Waals surface area (Å²) in [4.78, 5) is 13.9. The maximum absolute atomic E-state index is 12.9. The summed E-state index contributed by atoms with van der Waals surface area (Å²) >= 11 is 1.65. The molecule has 3 aromatic carbocycles. The molecule has 32 heavy (non-hydrogen) atoms. The molecule has 0 bridgehead atoms. The zero-order chi connectivity index (χ0) is 23.1. The van der Waals surface area contributed by atoms with Gasteiger partial charge >= 0.3 is 0 Å². The minimum Gasteiger partial charge on any atom is -0.495 e. The van der Waals surface area contributed by atoms with Gasteiger partial charge < -0.3 is 10.1 Å². The summed E-state index contributed by atoms with van der Waals surface area (Å²) in [7, 11) is -2.51. The molecule has 0 aliphatic rings. The van der Waals surface area contributed by atoms with E-state index in [0.717, 1.165) is 16.0 Å². The average Bonchev–Trinajstić information content (AvgIpc) is 2.83. The maximum Gasteiger partial charge on any atom is 0.251 e. The molecule has 0 unspecified atom stereocenters. The lowest BCUT2D eigenvalue weighted by Gasteiger charge is -2.16. The van der Waals surface area contributed by atoms with Crippen LogP contribution in [0.4, 0.5) is 0 Å². The molecule has 3 rings (SSSR count). The first-order chi connectivity index (χ1) is 15.3. The standard InChI is InChI=1S/C24H26N2O4S2/c1-17(19-9-12-21(31-3)13-10-19)26-24(27)20-11-14-22(30-2)23(15-20)32(28,29)25-16-18-7-5-4-6-8-18/h4-15,17,25H,16H2,1-3H3,(H,26,27)/t17-/m0/s1. The number of nitrogens with one attached hydrogen (secondary N) is 2. The van der Waals surface area contributed by atoms with Gasteiger partial charge in [0.2, 0.25) is 10.0 Å². The Balaban J connectivity index is 1.78. The summed E-state index contributed by atoms with van der Waals surface area (Å²) in [6.45, 7) is 2.01. The van der Waals surface area contributed by atoms with E-state index in [1.54, 1.807) is 17.8 Å². The highest BCUT2D eigenvalue weighted by Gasteiger charge is 2.22. The number of methoxy groups -OCH3 is 1. The molecule has 0 fully saturated rings. The third kappa shape index (κ3) is 5.91. The van der Waals surface area contributed by atoms with Crippen LogP contribution < -0.4 is 14.8 Å². The number of hydrogen-bond donors (Lipinski definition) is 2. The number of benzene rings is 3. The minimum absolute atomic E-state index is 0.0828. The van der Waals surface area contributed by atoms with Gasteiger partial charge in [0.1, 0.15) is 10.6 Å². The van der Waals surface area contributed by atoms with Gasteiger partial charge in [-0.25, -0.2) is 13.1 Å². The van der Waals surface area contributed by atoms with E-state index in [9.17, 15) is 13.2 Å². The Bertz CT molecular complexity index is 1160. The molecule has 2 N–H and O–H groups in total. The summed E-state index contributed by atoms with van der Waals surface area (Å²) in [5.41, 5.74) is 2.02. The Morgan fingerprint density at radius 3 is 2.34 bits per heavy atom. The first-order valence-corrected chi connectivity index (χ1v) is 12.7. The molecule has 8 heteroatoms. The highest BCUT2D eigenvalue weighted by molar-refractivity contribution is 7.98. The lowest BCUT2D eigenvalue weighted by molar-refractivity contribution is 0.0939. The fourth-order valence-corrected chi connectivity index (χ4v) is 4.75. The van der Waals surface area contributed by atoms with Crippen LogP contribution >= 0.6 is 11.8 Å². The predicted octanol–water partition coefficient (Wildman–Crippen LogP) is 4.39. The summed E-state index contributed by atoms with van der Waals surface area (Å²) in [6.07, 6.45) is 2.00. The highest BCUT2D eigenvalue weighted by Crippen LogP contribution is 2.26. The van der Waals surface area contributed by atoms with E-state index in [2.05, 4.69) is 10.0 Å². The van der Waals surface area contributed by atoms with Crippen LogP contribution in [0.2, 0.25) is 0 Å². The number of thioether (sulfide) groups is 1. The van der Waals surface area contributed by atoms with Crippen molar-refractivity contribution in [3.8, 4) is 5.75 Å². The van der Waals surface area contributed by atoms with E-state index in [1.807, 2.05) is 67.8 Å². The topological polar surface area (TPSA) is 84.5 Å². The van der Waals surface area contributed by atoms with E-state index in [4.69, 9.17) is 4.74 Å². The molecule has 1 amide bonds. The maximum atomic E-state index is 12.9. The van der Waals surface area contributed by atoms with E-state index in [0.29, 0.717) is 0 Å². The van der Waals surface area contributed by atoms with Gasteiger partial charge in [-0.1, -0.05) is 42.5 Å². The van der Waals surface area contributed by atoms with Gasteiger partial charge in [0, 0.05) is 17.0 Å². The quantitative estimate of drug-likeness (QED) is 0.453. The van der Waals surface area contributed by atoms with Crippen molar-refractivity contribution in [2.24, 2.45) is 0 Å². The van der Waals surface area contributed by atoms with Crippen molar-refractivity contribution < 1.29 is 17.9 Å². The first-order valence-electron chi connectivity index (χ1n) is 10.0. The number of sulfonamides is 1. The largest absolute Gasteiger partial charge is 0.495 e. The summed E-state index contributed by atoms with van der Waals surface area (Å²) < 4.78 is 33.7. The van der Waals surface area contributed by atoms with Gasteiger partial charge in [-0.15, -0.1) is 11.8 Å². The molecule has 0 saturated heterocycles. The van der Waals surface area contributed by atoms with Gasteiger partial charge in [-0.05, 0) is 54.6 Å². The molecule has 168 valence electrons. The van der Waals surface area contributed by atoms with E-state index in [1.165, 1.54) is 19.2 Å². The molecule has 0 heterocycles. The second-order valence-corrected chi connectivity index (χ2v) is 9.76. The van der Waals surface area contributed by atoms with Crippen molar-refractivity contribution in [2.75, 3.05) is 13.4 Å². The lowest BCUT2D eigenvalue weighted by atomic mass is 10.1. The van der Waals surface area contributed by atoms with Gasteiger partial charge in [-0.2, -0.15) is 0 Å². The molecule has 0 radical (unpaired) electrons. The molecular formula is C24H26N2O4S2. The summed E-state index contributed by atoms with van der Waals surface area (Å²) in [5, 5.41) is 2.92. The third-order valence-corrected chi connectivity index (χ3v) is 7.15. The second kappa shape index (κ2) is 10.7. The van der Waals surface area contributed by atoms with Crippen LogP contribution in [-0.4, -0.2) is 27.7 Å². The molecule has 0 spiro atoms. The Morgan fingerprint density at radius 2 is 1.72 bits per heavy atom. The van der Waals surface area contributed by atoms with E-state index in [-0.39, 0.29) is 34.7 Å². The third-order valence-electron chi connectivity index (χ3n) is 4.99. The molecule has 0 saturated carbocycles. The van der Waals surface area contributed by atoms with Gasteiger partial charge in [0.25, 0.3) is 5.91 Å². The van der Waals surface area contributed by atoms with E-state index < -0.39 is 10.0 Å². The van der Waals surface area contributed by atoms with Gasteiger partial charge in [-0.3, -0.25) is 4.79 Å². The average molecular weight is 471 g/mol. The summed E-state index contributed by atoms with van der Waals surface area (Å²) in [5.74, 6) is -0.198. The Kier molecular flexibility index (Phi) is 7.95. The molecule has 0 aromatic heterocycles. The zero-order valence-electron chi connectivity index (χ0n) is 18.2. The molecule has 6 nitrogen and oxygen atoms in total. The number of carbonyl (C=O) groups is 1. The second-order valence-electron chi connectivity index (χ2n) is 7.14. The minimum atomic E-state index is -3.90. The van der Waals surface area contributed by atoms with Crippen LogP contribution in [0.1, 0.15) is 34.5 Å². The van der Waals surface area contributed by atoms with E-state index >= 15 is 0 Å². The van der Waals surface area contributed by atoms with Crippen molar-refractivity contribution >= 4 is 27.7 Å². The zero-order valence-corrected chi connectivity index (χ0v) is 19.8. The van der Waals surface area contributed by atoms with Crippen LogP contribution in [0.15, 0.2) is 82.6 Å². The van der Waals surface area contributed by atoms with Gasteiger partial charge in [0.05, 0.1) is 13.2 Å². The first kappa shape index (κ1) is 23.8. The van der Waals surface area contributed by atoms with Crippen LogP contribution in [-0.2, 0) is 16.6 Å². The fraction of sp³-hybridized carbons (Fsp3) is 0.208. The smallest absolute Gasteiger partial charge is 0.251 e. The summed E-state index contributed by atoms with van der Waals surface area (Å²) in [6, 6.07) is 21.3. The molecule has 0 aliphatic carbocycles. The number of rotatable bonds is 9. The van der Waals surface area contributed by atoms with Crippen molar-refractivity contribution in [2.45, 2.75) is 29.3 Å². The fourth-order valence-electron chi connectivity index (χ4n) is 3.14. The van der Waals surface area contributed by atoms with Gasteiger partial charge in [0.15, 0.2) is 0 Å². The van der Waals surface area contributed by atoms with Crippen molar-refractivity contribution in [1.82, 2.24) is 10.0 Å². The van der Waals surface area contributed by atoms with Crippen molar-refractivity contribution in [1.29, 1.82) is 0 Å². The Hall–Kier alpha value is -2.81. The number of amides is 1. The molecular weight excluding hydrogens is 444 g/mol. The Morgan fingerprint density at radius 1 is 1.03 bits per heavy atom. The normalized spacial score (nSPS) is 12.2. The van der Waals surface area contributed by atoms with Crippen LogP contribution in [0.5, 0.6) is 5.75 Å². The van der Waals surface area contributed by atoms with Crippen molar-refractivity contribution in [3.63, 3.8) is 0 Å². The highest BCUT2D eigenvalue weighted by atomic mass is 32.2. The number of ether oxygens (including phenoxy) is 1. The number of carbonyl (C=O) groups excluding carboxylic acids is 1. The van der Waals surface area contributed by atoms with Crippen LogP contribution in [0.3, 0.4) is 0 Å². The Labute approximate surface area is 193 Å².